The zero-order chi connectivity index (χ0) is 43.6. The molecular formula is C64H57N. The lowest BCUT2D eigenvalue weighted by atomic mass is 9.48. The number of hydrogen-bond acceptors (Lipinski definition) is 1. The molecule has 0 atom stereocenters. The van der Waals surface area contributed by atoms with Crippen molar-refractivity contribution in [2.75, 3.05) is 4.90 Å². The third-order valence-electron chi connectivity index (χ3n) is 16.9. The molecule has 4 bridgehead atoms. The highest BCUT2D eigenvalue weighted by molar-refractivity contribution is 5.89. The van der Waals surface area contributed by atoms with Gasteiger partial charge < -0.3 is 4.90 Å². The minimum atomic E-state index is -0.166. The zero-order valence-electron chi connectivity index (χ0n) is 38.2. The Bertz CT molecular complexity index is 3060. The average molecular weight is 840 g/mol. The van der Waals surface area contributed by atoms with Gasteiger partial charge in [-0.1, -0.05) is 147 Å². The smallest absolute Gasteiger partial charge is 0.0520 e. The number of fused-ring (bicyclic) bond motifs is 6. The lowest BCUT2D eigenvalue weighted by molar-refractivity contribution is -0.00518. The molecular weight excluding hydrogens is 783 g/mol. The van der Waals surface area contributed by atoms with Gasteiger partial charge in [0.25, 0.3) is 0 Å². The van der Waals surface area contributed by atoms with E-state index in [4.69, 9.17) is 0 Å². The van der Waals surface area contributed by atoms with Crippen molar-refractivity contribution in [2.24, 2.45) is 17.8 Å². The molecule has 0 saturated heterocycles. The Balaban J connectivity index is 0.899. The van der Waals surface area contributed by atoms with Crippen LogP contribution in [0.1, 0.15) is 103 Å². The highest BCUT2D eigenvalue weighted by atomic mass is 15.1. The highest BCUT2D eigenvalue weighted by Crippen LogP contribution is 2.61. The molecule has 0 radical (unpaired) electrons. The zero-order valence-corrected chi connectivity index (χ0v) is 38.2. The van der Waals surface area contributed by atoms with Gasteiger partial charge in [0.05, 0.1) is 5.69 Å². The van der Waals surface area contributed by atoms with E-state index < -0.39 is 0 Å². The first-order valence-electron chi connectivity index (χ1n) is 24.4. The fraction of sp³-hybridized carbons (Fsp3) is 0.250. The fourth-order valence-electron chi connectivity index (χ4n) is 14.4. The number of rotatable bonds is 7. The minimum absolute atomic E-state index is 0.166. The molecule has 0 spiro atoms. The van der Waals surface area contributed by atoms with Crippen molar-refractivity contribution in [3.8, 4) is 44.5 Å². The van der Waals surface area contributed by atoms with E-state index in [1.165, 1.54) is 139 Å². The van der Waals surface area contributed by atoms with Crippen molar-refractivity contribution in [3.05, 3.63) is 220 Å². The van der Waals surface area contributed by atoms with Gasteiger partial charge in [-0.3, -0.25) is 0 Å². The summed E-state index contributed by atoms with van der Waals surface area (Å²) in [5, 5.41) is 0. The van der Waals surface area contributed by atoms with Gasteiger partial charge in [0.1, 0.15) is 0 Å². The molecule has 318 valence electrons. The summed E-state index contributed by atoms with van der Waals surface area (Å²) >= 11 is 0. The molecule has 4 fully saturated rings. The van der Waals surface area contributed by atoms with Crippen molar-refractivity contribution >= 4 is 17.1 Å². The second-order valence-electron chi connectivity index (χ2n) is 21.2. The summed E-state index contributed by atoms with van der Waals surface area (Å²) in [6.07, 6.45) is 8.68. The van der Waals surface area contributed by atoms with E-state index in [9.17, 15) is 0 Å². The molecule has 1 nitrogen and oxygen atoms in total. The van der Waals surface area contributed by atoms with Crippen molar-refractivity contribution in [2.45, 2.75) is 83.0 Å². The Morgan fingerprint density at radius 2 is 0.938 bits per heavy atom. The first kappa shape index (κ1) is 39.0. The molecule has 0 heterocycles. The maximum absolute atomic E-state index is 2.54. The van der Waals surface area contributed by atoms with E-state index >= 15 is 0 Å². The Kier molecular flexibility index (Phi) is 8.71. The number of hydrogen-bond donors (Lipinski definition) is 0. The Morgan fingerprint density at radius 1 is 0.431 bits per heavy atom. The second-order valence-corrected chi connectivity index (χ2v) is 21.2. The largest absolute Gasteiger partial charge is 0.310 e. The molecule has 4 saturated carbocycles. The van der Waals surface area contributed by atoms with Crippen molar-refractivity contribution in [1.82, 2.24) is 0 Å². The number of aryl methyl sites for hydroxylation is 2. The fourth-order valence-corrected chi connectivity index (χ4v) is 14.4. The SMILES string of the molecule is Cc1cc(-c2ccc(C34CC5CC(CC(C5)C3)C4)cc2)cc(C)c1N(c1ccc(C2c3ccccc3-c3ccccc32)cc1)c1ccc2c(c1)C(C)(C)c1cc(-c3ccccc3)ccc1-2. The quantitative estimate of drug-likeness (QED) is 0.155. The standard InChI is InChI=1S/C64H57N/c1-40-30-49(46-18-23-50(24-19-46)64-37-42-32-43(38-64)34-44(33-42)39-64)31-41(2)62(40)65(51-25-20-47(21-26-51)61-57-16-10-8-14-53(57)54-15-9-11-17-58(54)61)52-27-29-56-55-28-22-48(45-12-6-5-7-13-45)35-59(55)63(3,4)60(56)36-52/h5-31,35-36,42-44,61H,32-34,37-39H2,1-4H3. The van der Waals surface area contributed by atoms with Gasteiger partial charge in [-0.25, -0.2) is 0 Å². The molecule has 0 amide bonds. The van der Waals surface area contributed by atoms with Crippen LogP contribution < -0.4 is 4.90 Å². The van der Waals surface area contributed by atoms with E-state index in [1.807, 2.05) is 0 Å². The van der Waals surface area contributed by atoms with E-state index in [2.05, 4.69) is 209 Å². The third-order valence-corrected chi connectivity index (χ3v) is 16.9. The predicted octanol–water partition coefficient (Wildman–Crippen LogP) is 17.0. The molecule has 0 aliphatic heterocycles. The first-order valence-corrected chi connectivity index (χ1v) is 24.4. The average Bonchev–Trinajstić information content (AvgIpc) is 3.78. The van der Waals surface area contributed by atoms with Gasteiger partial charge in [0, 0.05) is 22.7 Å². The summed E-state index contributed by atoms with van der Waals surface area (Å²) in [5.74, 6) is 3.07. The van der Waals surface area contributed by atoms with Gasteiger partial charge in [0.15, 0.2) is 0 Å². The topological polar surface area (TPSA) is 3.24 Å². The van der Waals surface area contributed by atoms with E-state index in [-0.39, 0.29) is 11.3 Å². The van der Waals surface area contributed by atoms with Crippen LogP contribution in [0.2, 0.25) is 0 Å². The van der Waals surface area contributed by atoms with Gasteiger partial charge in [0.2, 0.25) is 0 Å². The number of benzene rings is 8. The third kappa shape index (κ3) is 6.11. The highest BCUT2D eigenvalue weighted by Gasteiger charge is 2.51. The Labute approximate surface area is 385 Å². The number of nitrogens with zero attached hydrogens (tertiary/aromatic N) is 1. The van der Waals surface area contributed by atoms with Crippen LogP contribution in [0.3, 0.4) is 0 Å². The first-order chi connectivity index (χ1) is 31.7. The molecule has 6 aliphatic carbocycles. The maximum Gasteiger partial charge on any atom is 0.0520 e. The van der Waals surface area contributed by atoms with Gasteiger partial charge >= 0.3 is 0 Å². The molecule has 65 heavy (non-hydrogen) atoms. The maximum atomic E-state index is 2.54. The van der Waals surface area contributed by atoms with Gasteiger partial charge in [-0.15, -0.1) is 0 Å². The van der Waals surface area contributed by atoms with Gasteiger partial charge in [-0.2, -0.15) is 0 Å². The van der Waals surface area contributed by atoms with Crippen LogP contribution in [0.4, 0.5) is 17.1 Å². The Morgan fingerprint density at radius 3 is 1.55 bits per heavy atom. The van der Waals surface area contributed by atoms with Crippen LogP contribution >= 0.6 is 0 Å². The predicted molar refractivity (Wildman–Crippen MR) is 272 cm³/mol. The van der Waals surface area contributed by atoms with Crippen LogP contribution in [0, 0.1) is 31.6 Å². The minimum Gasteiger partial charge on any atom is -0.310 e. The van der Waals surface area contributed by atoms with Crippen molar-refractivity contribution in [1.29, 1.82) is 0 Å². The monoisotopic (exact) mass is 839 g/mol. The summed E-state index contributed by atoms with van der Waals surface area (Å²) < 4.78 is 0. The Hall–Kier alpha value is -6.44. The van der Waals surface area contributed by atoms with E-state index in [0.29, 0.717) is 5.41 Å². The summed E-state index contributed by atoms with van der Waals surface area (Å²) in [7, 11) is 0. The molecule has 8 aromatic rings. The second kappa shape index (κ2) is 14.5. The lowest BCUT2D eigenvalue weighted by Crippen LogP contribution is -2.48. The van der Waals surface area contributed by atoms with Gasteiger partial charge in [-0.05, 0) is 207 Å². The van der Waals surface area contributed by atoms with Crippen LogP contribution in [0.5, 0.6) is 0 Å². The van der Waals surface area contributed by atoms with E-state index in [0.717, 1.165) is 17.8 Å². The summed E-state index contributed by atoms with van der Waals surface area (Å²) in [6, 6.07) is 67.3. The number of anilines is 3. The van der Waals surface area contributed by atoms with Crippen LogP contribution in [-0.4, -0.2) is 0 Å². The molecule has 14 rings (SSSR count). The lowest BCUT2D eigenvalue weighted by Gasteiger charge is -2.57. The van der Waals surface area contributed by atoms with Crippen molar-refractivity contribution in [3.63, 3.8) is 0 Å². The van der Waals surface area contributed by atoms with Crippen LogP contribution in [0.25, 0.3) is 44.5 Å². The summed E-state index contributed by atoms with van der Waals surface area (Å²) in [5.41, 5.74) is 25.4. The van der Waals surface area contributed by atoms with Crippen LogP contribution in [-0.2, 0) is 10.8 Å². The van der Waals surface area contributed by atoms with Crippen LogP contribution in [0.15, 0.2) is 176 Å². The molecule has 0 unspecified atom stereocenters. The summed E-state index contributed by atoms with van der Waals surface area (Å²) in [4.78, 5) is 2.54. The molecule has 0 aromatic heterocycles. The molecule has 0 N–H and O–H groups in total. The molecule has 1 heteroatoms. The molecule has 8 aromatic carbocycles. The summed E-state index contributed by atoms with van der Waals surface area (Å²) in [6.45, 7) is 9.46. The normalized spacial score (nSPS) is 21.8. The molecule has 6 aliphatic rings. The van der Waals surface area contributed by atoms with E-state index in [1.54, 1.807) is 5.56 Å². The van der Waals surface area contributed by atoms with Crippen molar-refractivity contribution < 1.29 is 0 Å².